The first-order chi connectivity index (χ1) is 7.69. The molecule has 3 rings (SSSR count). The van der Waals surface area contributed by atoms with E-state index in [9.17, 15) is 9.90 Å². The number of carbonyl (C=O) groups is 1. The van der Waals surface area contributed by atoms with Crippen LogP contribution in [0, 0.1) is 17.2 Å². The molecule has 0 radical (unpaired) electrons. The van der Waals surface area contributed by atoms with Gasteiger partial charge in [-0.2, -0.15) is 5.26 Å². The van der Waals surface area contributed by atoms with E-state index >= 15 is 0 Å². The Labute approximate surface area is 92.7 Å². The van der Waals surface area contributed by atoms with Crippen molar-refractivity contribution in [2.75, 3.05) is 6.54 Å². The second-order valence-corrected chi connectivity index (χ2v) is 4.20. The topological polar surface area (TPSA) is 64.3 Å². The van der Waals surface area contributed by atoms with E-state index in [1.54, 1.807) is 24.3 Å². The van der Waals surface area contributed by atoms with Crippen molar-refractivity contribution in [3.05, 3.63) is 35.4 Å². The maximum absolute atomic E-state index is 12.0. The van der Waals surface area contributed by atoms with Gasteiger partial charge in [0.2, 0.25) is 0 Å². The molecule has 1 amide bonds. The lowest BCUT2D eigenvalue weighted by atomic mass is 9.90. The van der Waals surface area contributed by atoms with Crippen molar-refractivity contribution in [2.24, 2.45) is 5.92 Å². The van der Waals surface area contributed by atoms with Crippen LogP contribution in [0.15, 0.2) is 24.3 Å². The average Bonchev–Trinajstić information content (AvgIpc) is 2.75. The van der Waals surface area contributed by atoms with E-state index in [4.69, 9.17) is 5.26 Å². The molecule has 0 saturated carbocycles. The predicted molar refractivity (Wildman–Crippen MR) is 55.1 cm³/mol. The molecule has 80 valence electrons. The van der Waals surface area contributed by atoms with Gasteiger partial charge in [-0.25, -0.2) is 0 Å². The highest BCUT2D eigenvalue weighted by Gasteiger charge is 2.57. The molecule has 0 aliphatic carbocycles. The summed E-state index contributed by atoms with van der Waals surface area (Å²) in [6.45, 7) is 0.447. The first-order valence-electron chi connectivity index (χ1n) is 5.23. The van der Waals surface area contributed by atoms with Crippen molar-refractivity contribution in [3.8, 4) is 6.07 Å². The van der Waals surface area contributed by atoms with E-state index in [2.05, 4.69) is 6.07 Å². The number of fused-ring (bicyclic) bond motifs is 3. The number of amides is 1. The number of rotatable bonds is 0. The first-order valence-corrected chi connectivity index (χ1v) is 5.23. The van der Waals surface area contributed by atoms with Crippen molar-refractivity contribution in [1.29, 1.82) is 5.26 Å². The van der Waals surface area contributed by atoms with Crippen molar-refractivity contribution in [3.63, 3.8) is 0 Å². The maximum Gasteiger partial charge on any atom is 0.256 e. The minimum atomic E-state index is -1.40. The minimum absolute atomic E-state index is 0.171. The molecule has 0 aromatic heterocycles. The number of hydrogen-bond donors (Lipinski definition) is 1. The smallest absolute Gasteiger partial charge is 0.256 e. The number of hydrogen-bond acceptors (Lipinski definition) is 3. The summed E-state index contributed by atoms with van der Waals surface area (Å²) < 4.78 is 0. The second kappa shape index (κ2) is 2.83. The lowest BCUT2D eigenvalue weighted by Gasteiger charge is -2.28. The molecular weight excluding hydrogens is 204 g/mol. The Morgan fingerprint density at radius 1 is 1.50 bits per heavy atom. The highest BCUT2D eigenvalue weighted by Crippen LogP contribution is 2.47. The van der Waals surface area contributed by atoms with Gasteiger partial charge >= 0.3 is 0 Å². The van der Waals surface area contributed by atoms with Crippen molar-refractivity contribution < 1.29 is 9.90 Å². The standard InChI is InChI=1S/C12H10N2O2/c13-7-8-5-6-14-11(15)9-3-1-2-4-10(9)12(8,14)16/h1-4,8,16H,5-6H2/t8-,12+/m0/s1. The highest BCUT2D eigenvalue weighted by molar-refractivity contribution is 6.00. The van der Waals surface area contributed by atoms with Gasteiger partial charge in [-0.15, -0.1) is 0 Å². The molecule has 0 bridgehead atoms. The van der Waals surface area contributed by atoms with Gasteiger partial charge in [-0.1, -0.05) is 18.2 Å². The van der Waals surface area contributed by atoms with Crippen molar-refractivity contribution >= 4 is 5.91 Å². The molecule has 2 aliphatic heterocycles. The Morgan fingerprint density at radius 3 is 3.00 bits per heavy atom. The average molecular weight is 214 g/mol. The number of benzene rings is 1. The number of carbonyl (C=O) groups excluding carboxylic acids is 1. The predicted octanol–water partition coefficient (Wildman–Crippen LogP) is 0.831. The largest absolute Gasteiger partial charge is 0.366 e. The third-order valence-corrected chi connectivity index (χ3v) is 3.49. The van der Waals surface area contributed by atoms with Gasteiger partial charge in [0, 0.05) is 17.7 Å². The third kappa shape index (κ3) is 0.848. The number of aliphatic hydroxyl groups is 1. The SMILES string of the molecule is N#C[C@@H]1CCN2C(=O)c3ccccc3[C@]12O. The highest BCUT2D eigenvalue weighted by atomic mass is 16.3. The molecule has 1 saturated heterocycles. The van der Waals surface area contributed by atoms with E-state index in [0.717, 1.165) is 0 Å². The monoisotopic (exact) mass is 214 g/mol. The van der Waals surface area contributed by atoms with Crippen molar-refractivity contribution in [1.82, 2.24) is 4.90 Å². The molecule has 0 spiro atoms. The van der Waals surface area contributed by atoms with E-state index in [1.165, 1.54) is 4.90 Å². The second-order valence-electron chi connectivity index (χ2n) is 4.20. The van der Waals surface area contributed by atoms with Gasteiger partial charge in [0.1, 0.15) is 5.92 Å². The van der Waals surface area contributed by atoms with Crippen LogP contribution in [-0.2, 0) is 5.72 Å². The molecule has 0 unspecified atom stereocenters. The van der Waals surface area contributed by atoms with Crippen LogP contribution < -0.4 is 0 Å². The summed E-state index contributed by atoms with van der Waals surface area (Å²) in [4.78, 5) is 13.4. The van der Waals surface area contributed by atoms with Gasteiger partial charge in [-0.05, 0) is 12.5 Å². The molecule has 2 aliphatic rings. The summed E-state index contributed by atoms with van der Waals surface area (Å²) in [5, 5.41) is 19.6. The minimum Gasteiger partial charge on any atom is -0.366 e. The number of nitrogens with zero attached hydrogens (tertiary/aromatic N) is 2. The molecule has 1 N–H and O–H groups in total. The first kappa shape index (κ1) is 9.37. The normalized spacial score (nSPS) is 31.1. The maximum atomic E-state index is 12.0. The van der Waals surface area contributed by atoms with Crippen LogP contribution in [0.5, 0.6) is 0 Å². The van der Waals surface area contributed by atoms with Crippen LogP contribution in [-0.4, -0.2) is 22.5 Å². The van der Waals surface area contributed by atoms with Crippen LogP contribution in [0.4, 0.5) is 0 Å². The summed E-state index contributed by atoms with van der Waals surface area (Å²) in [7, 11) is 0. The Balaban J connectivity index is 2.26. The van der Waals surface area contributed by atoms with E-state index < -0.39 is 11.6 Å². The molecule has 2 atom stereocenters. The van der Waals surface area contributed by atoms with Gasteiger partial charge < -0.3 is 10.0 Å². The van der Waals surface area contributed by atoms with Gasteiger partial charge in [0.25, 0.3) is 5.91 Å². The lowest BCUT2D eigenvalue weighted by Crippen LogP contribution is -2.41. The zero-order valence-corrected chi connectivity index (χ0v) is 8.55. The van der Waals surface area contributed by atoms with Crippen LogP contribution in [0.2, 0.25) is 0 Å². The molecule has 4 heteroatoms. The van der Waals surface area contributed by atoms with Crippen LogP contribution >= 0.6 is 0 Å². The summed E-state index contributed by atoms with van der Waals surface area (Å²) >= 11 is 0. The zero-order valence-electron chi connectivity index (χ0n) is 8.55. The van der Waals surface area contributed by atoms with Crippen LogP contribution in [0.25, 0.3) is 0 Å². The van der Waals surface area contributed by atoms with Crippen LogP contribution in [0.1, 0.15) is 22.3 Å². The summed E-state index contributed by atoms with van der Waals surface area (Å²) in [5.41, 5.74) is -0.309. The van der Waals surface area contributed by atoms with Crippen LogP contribution in [0.3, 0.4) is 0 Å². The molecule has 4 nitrogen and oxygen atoms in total. The molecule has 16 heavy (non-hydrogen) atoms. The Morgan fingerprint density at radius 2 is 2.25 bits per heavy atom. The molecule has 1 aromatic rings. The quantitative estimate of drug-likeness (QED) is 0.695. The number of nitriles is 1. The fraction of sp³-hybridized carbons (Fsp3) is 0.333. The van der Waals surface area contributed by atoms with Gasteiger partial charge in [0.15, 0.2) is 5.72 Å². The molecule has 1 fully saturated rings. The summed E-state index contributed by atoms with van der Waals surface area (Å²) in [5.74, 6) is -0.698. The fourth-order valence-corrected chi connectivity index (χ4v) is 2.70. The Bertz CT molecular complexity index is 520. The van der Waals surface area contributed by atoms with E-state index in [1.807, 2.05) is 0 Å². The van der Waals surface area contributed by atoms with E-state index in [-0.39, 0.29) is 5.91 Å². The molecule has 2 heterocycles. The van der Waals surface area contributed by atoms with Gasteiger partial charge in [0.05, 0.1) is 6.07 Å². The molecule has 1 aromatic carbocycles. The summed E-state index contributed by atoms with van der Waals surface area (Å²) in [6, 6.07) is 9.06. The molecular formula is C12H10N2O2. The third-order valence-electron chi connectivity index (χ3n) is 3.49. The summed E-state index contributed by atoms with van der Waals surface area (Å²) in [6.07, 6.45) is 0.535. The Kier molecular flexibility index (Phi) is 1.66. The Hall–Kier alpha value is -1.86. The van der Waals surface area contributed by atoms with E-state index in [0.29, 0.717) is 24.1 Å². The lowest BCUT2D eigenvalue weighted by molar-refractivity contribution is -0.0764. The zero-order chi connectivity index (χ0) is 11.3. The fourth-order valence-electron chi connectivity index (χ4n) is 2.70. The van der Waals surface area contributed by atoms with Gasteiger partial charge in [-0.3, -0.25) is 4.79 Å². The van der Waals surface area contributed by atoms with Crippen molar-refractivity contribution in [2.45, 2.75) is 12.1 Å².